The molecule has 0 saturated heterocycles. The summed E-state index contributed by atoms with van der Waals surface area (Å²) >= 11 is 0. The van der Waals surface area contributed by atoms with Gasteiger partial charge in [-0.25, -0.2) is 0 Å². The molecule has 0 amide bonds. The third kappa shape index (κ3) is 2.37. The van der Waals surface area contributed by atoms with Gasteiger partial charge in [-0.15, -0.1) is 0 Å². The number of aromatic hydroxyl groups is 1. The SMILES string of the molecule is COC(=C1C2CC3CC(C2)CC1C3)c1ccc(C(C)=O)c(O)c1. The number of carbonyl (C=O) groups excluding carboxylic acids is 1. The minimum Gasteiger partial charge on any atom is -0.507 e. The Kier molecular flexibility index (Phi) is 3.47. The van der Waals surface area contributed by atoms with Gasteiger partial charge in [-0.1, -0.05) is 6.07 Å². The first-order valence-corrected chi connectivity index (χ1v) is 8.69. The molecule has 3 nitrogen and oxygen atoms in total. The summed E-state index contributed by atoms with van der Waals surface area (Å²) in [6, 6.07) is 5.31. The zero-order valence-electron chi connectivity index (χ0n) is 13.8. The van der Waals surface area contributed by atoms with Crippen LogP contribution in [0.3, 0.4) is 0 Å². The highest BCUT2D eigenvalue weighted by atomic mass is 16.5. The quantitative estimate of drug-likeness (QED) is 0.664. The first kappa shape index (κ1) is 14.8. The van der Waals surface area contributed by atoms with Crippen molar-refractivity contribution in [3.8, 4) is 5.75 Å². The van der Waals surface area contributed by atoms with Crippen LogP contribution in [-0.2, 0) is 4.74 Å². The van der Waals surface area contributed by atoms with Gasteiger partial charge < -0.3 is 9.84 Å². The van der Waals surface area contributed by atoms with Gasteiger partial charge in [-0.3, -0.25) is 4.79 Å². The Morgan fingerprint density at radius 3 is 2.17 bits per heavy atom. The number of benzene rings is 1. The molecule has 4 aliphatic carbocycles. The zero-order chi connectivity index (χ0) is 16.1. The van der Waals surface area contributed by atoms with E-state index in [0.29, 0.717) is 17.4 Å². The molecule has 3 heteroatoms. The van der Waals surface area contributed by atoms with Crippen LogP contribution in [0.25, 0.3) is 5.76 Å². The van der Waals surface area contributed by atoms with Crippen molar-refractivity contribution in [2.45, 2.75) is 39.0 Å². The molecule has 0 unspecified atom stereocenters. The summed E-state index contributed by atoms with van der Waals surface area (Å²) in [6.45, 7) is 1.47. The van der Waals surface area contributed by atoms with Crippen LogP contribution in [0.1, 0.15) is 54.9 Å². The smallest absolute Gasteiger partial charge is 0.163 e. The van der Waals surface area contributed by atoms with Crippen molar-refractivity contribution in [2.24, 2.45) is 23.7 Å². The Labute approximate surface area is 137 Å². The molecular weight excluding hydrogens is 288 g/mol. The summed E-state index contributed by atoms with van der Waals surface area (Å²) in [6.07, 6.45) is 6.62. The lowest BCUT2D eigenvalue weighted by Gasteiger charge is -2.51. The number of ether oxygens (including phenoxy) is 1. The lowest BCUT2D eigenvalue weighted by atomic mass is 9.54. The number of allylic oxidation sites excluding steroid dienone is 1. The maximum absolute atomic E-state index is 11.5. The number of hydrogen-bond acceptors (Lipinski definition) is 3. The molecule has 1 aromatic carbocycles. The van der Waals surface area contributed by atoms with E-state index in [1.54, 1.807) is 19.2 Å². The molecule has 0 heterocycles. The Morgan fingerprint density at radius 2 is 1.70 bits per heavy atom. The van der Waals surface area contributed by atoms with Gasteiger partial charge in [0.15, 0.2) is 5.78 Å². The summed E-state index contributed by atoms with van der Waals surface area (Å²) < 4.78 is 5.80. The largest absolute Gasteiger partial charge is 0.507 e. The fraction of sp³-hybridized carbons (Fsp3) is 0.550. The predicted molar refractivity (Wildman–Crippen MR) is 89.1 cm³/mol. The lowest BCUT2D eigenvalue weighted by molar-refractivity contribution is 0.0675. The van der Waals surface area contributed by atoms with E-state index in [-0.39, 0.29) is 11.5 Å². The normalized spacial score (nSPS) is 31.3. The van der Waals surface area contributed by atoms with Crippen molar-refractivity contribution >= 4 is 11.5 Å². The number of Topliss-reactive ketones (excluding diaryl/α,β-unsaturated/α-hetero) is 1. The summed E-state index contributed by atoms with van der Waals surface area (Å²) in [5.41, 5.74) is 2.74. The van der Waals surface area contributed by atoms with Crippen LogP contribution in [0.4, 0.5) is 0 Å². The average Bonchev–Trinajstić information content (AvgIpc) is 2.49. The number of phenolic OH excluding ortho intramolecular Hbond substituents is 1. The molecule has 0 radical (unpaired) electrons. The van der Waals surface area contributed by atoms with Gasteiger partial charge in [0.1, 0.15) is 11.5 Å². The van der Waals surface area contributed by atoms with Gasteiger partial charge >= 0.3 is 0 Å². The molecule has 0 atom stereocenters. The second kappa shape index (κ2) is 5.40. The Balaban J connectivity index is 1.76. The van der Waals surface area contributed by atoms with Gasteiger partial charge in [-0.2, -0.15) is 0 Å². The number of carbonyl (C=O) groups is 1. The predicted octanol–water partition coefficient (Wildman–Crippen LogP) is 4.41. The number of phenols is 1. The van der Waals surface area contributed by atoms with Crippen LogP contribution in [0.15, 0.2) is 23.8 Å². The Morgan fingerprint density at radius 1 is 1.09 bits per heavy atom. The number of methoxy groups -OCH3 is 1. The van der Waals surface area contributed by atoms with Crippen LogP contribution in [0.5, 0.6) is 5.75 Å². The van der Waals surface area contributed by atoms with Gasteiger partial charge in [0.05, 0.1) is 12.7 Å². The van der Waals surface area contributed by atoms with Crippen molar-refractivity contribution in [2.75, 3.05) is 7.11 Å². The summed E-state index contributed by atoms with van der Waals surface area (Å²) in [5, 5.41) is 10.2. The van der Waals surface area contributed by atoms with Crippen molar-refractivity contribution in [3.63, 3.8) is 0 Å². The summed E-state index contributed by atoms with van der Waals surface area (Å²) in [4.78, 5) is 11.5. The number of rotatable bonds is 3. The van der Waals surface area contributed by atoms with Crippen LogP contribution in [-0.4, -0.2) is 18.0 Å². The van der Waals surface area contributed by atoms with Crippen molar-refractivity contribution < 1.29 is 14.6 Å². The molecule has 23 heavy (non-hydrogen) atoms. The van der Waals surface area contributed by atoms with Crippen LogP contribution < -0.4 is 0 Å². The van der Waals surface area contributed by atoms with E-state index >= 15 is 0 Å². The molecule has 1 aromatic rings. The van der Waals surface area contributed by atoms with E-state index in [1.165, 1.54) is 44.6 Å². The fourth-order valence-electron chi connectivity index (χ4n) is 5.44. The lowest BCUT2D eigenvalue weighted by Crippen LogP contribution is -2.40. The minimum atomic E-state index is -0.115. The fourth-order valence-corrected chi connectivity index (χ4v) is 5.44. The standard InChI is InChI=1S/C20H24O3/c1-11(21)17-4-3-14(10-18(17)22)20(23-2)19-15-6-12-5-13(8-15)9-16(19)7-12/h3-4,10,12-13,15-16,22H,5-9H2,1-2H3. The number of hydrogen-bond donors (Lipinski definition) is 1. The Bertz CT molecular complexity index is 656. The van der Waals surface area contributed by atoms with Gasteiger partial charge in [-0.05, 0) is 80.4 Å². The molecule has 122 valence electrons. The van der Waals surface area contributed by atoms with Crippen LogP contribution in [0, 0.1) is 23.7 Å². The second-order valence-electron chi connectivity index (χ2n) is 7.58. The molecule has 4 saturated carbocycles. The van der Waals surface area contributed by atoms with Gasteiger partial charge in [0.2, 0.25) is 0 Å². The number of ketones is 1. The molecule has 0 aromatic heterocycles. The third-order valence-electron chi connectivity index (χ3n) is 6.12. The first-order chi connectivity index (χ1) is 11.1. The first-order valence-electron chi connectivity index (χ1n) is 8.69. The molecule has 4 aliphatic rings. The third-order valence-corrected chi connectivity index (χ3v) is 6.12. The topological polar surface area (TPSA) is 46.5 Å². The monoisotopic (exact) mass is 312 g/mol. The van der Waals surface area contributed by atoms with E-state index < -0.39 is 0 Å². The van der Waals surface area contributed by atoms with E-state index in [2.05, 4.69) is 0 Å². The zero-order valence-corrected chi connectivity index (χ0v) is 13.8. The molecule has 0 spiro atoms. The van der Waals surface area contributed by atoms with Crippen molar-refractivity contribution in [1.29, 1.82) is 0 Å². The summed E-state index contributed by atoms with van der Waals surface area (Å²) in [5.74, 6) is 3.99. The van der Waals surface area contributed by atoms with E-state index in [9.17, 15) is 9.90 Å². The molecule has 4 fully saturated rings. The van der Waals surface area contributed by atoms with E-state index in [0.717, 1.165) is 23.2 Å². The molecular formula is C20H24O3. The minimum absolute atomic E-state index is 0.0500. The maximum Gasteiger partial charge on any atom is 0.163 e. The molecule has 5 rings (SSSR count). The van der Waals surface area contributed by atoms with Gasteiger partial charge in [0.25, 0.3) is 0 Å². The van der Waals surface area contributed by atoms with Crippen LogP contribution >= 0.6 is 0 Å². The van der Waals surface area contributed by atoms with E-state index in [1.807, 2.05) is 6.07 Å². The highest BCUT2D eigenvalue weighted by Crippen LogP contribution is 2.58. The second-order valence-corrected chi connectivity index (χ2v) is 7.58. The van der Waals surface area contributed by atoms with E-state index in [4.69, 9.17) is 4.74 Å². The Hall–Kier alpha value is -1.77. The maximum atomic E-state index is 11.5. The summed E-state index contributed by atoms with van der Waals surface area (Å²) in [7, 11) is 1.73. The average molecular weight is 312 g/mol. The highest BCUT2D eigenvalue weighted by molar-refractivity contribution is 5.97. The molecule has 4 bridgehead atoms. The van der Waals surface area contributed by atoms with Crippen molar-refractivity contribution in [1.82, 2.24) is 0 Å². The molecule has 1 N–H and O–H groups in total. The molecule has 0 aliphatic heterocycles. The van der Waals surface area contributed by atoms with Crippen molar-refractivity contribution in [3.05, 3.63) is 34.9 Å². The van der Waals surface area contributed by atoms with Gasteiger partial charge in [0, 0.05) is 5.56 Å². The van der Waals surface area contributed by atoms with Crippen LogP contribution in [0.2, 0.25) is 0 Å². The highest BCUT2D eigenvalue weighted by Gasteiger charge is 2.46.